The molecule has 25 heavy (non-hydrogen) atoms. The number of hydrogen-bond acceptors (Lipinski definition) is 3. The zero-order chi connectivity index (χ0) is 17.7. The van der Waals surface area contributed by atoms with E-state index in [0.717, 1.165) is 11.1 Å². The van der Waals surface area contributed by atoms with Crippen molar-refractivity contribution in [3.05, 3.63) is 84.0 Å². The third-order valence-electron chi connectivity index (χ3n) is 3.98. The maximum atomic E-state index is 12.7. The molecule has 2 atom stereocenters. The minimum Gasteiger partial charge on any atom is -0.368 e. The van der Waals surface area contributed by atoms with Crippen LogP contribution >= 0.6 is 0 Å². The number of nitrogens with one attached hydrogen (secondary N) is 1. The van der Waals surface area contributed by atoms with Gasteiger partial charge in [-0.15, -0.1) is 0 Å². The number of aryl methyl sites for hydroxylation is 1. The Bertz CT molecular complexity index is 856. The molecule has 1 aliphatic heterocycles. The molecule has 4 nitrogen and oxygen atoms in total. The summed E-state index contributed by atoms with van der Waals surface area (Å²) in [6, 6.07) is 16.1. The van der Waals surface area contributed by atoms with Gasteiger partial charge in [0.05, 0.1) is 23.6 Å². The van der Waals surface area contributed by atoms with Gasteiger partial charge < -0.3 is 4.74 Å². The molecule has 0 saturated heterocycles. The molecule has 0 saturated carbocycles. The highest BCUT2D eigenvalue weighted by molar-refractivity contribution is 7.89. The van der Waals surface area contributed by atoms with Gasteiger partial charge in [-0.1, -0.05) is 72.3 Å². The molecule has 0 aliphatic carbocycles. The van der Waals surface area contributed by atoms with Crippen LogP contribution in [-0.2, 0) is 14.8 Å². The average molecular weight is 355 g/mol. The number of ether oxygens (including phenoxy) is 1. The van der Waals surface area contributed by atoms with Crippen LogP contribution in [0.1, 0.15) is 11.1 Å². The lowest BCUT2D eigenvalue weighted by Crippen LogP contribution is -2.41. The highest BCUT2D eigenvalue weighted by Crippen LogP contribution is 2.16. The summed E-state index contributed by atoms with van der Waals surface area (Å²) in [6.07, 6.45) is 7.20. The second-order valence-corrected chi connectivity index (χ2v) is 7.67. The van der Waals surface area contributed by atoms with E-state index in [1.807, 2.05) is 61.6 Å². The zero-order valence-electron chi connectivity index (χ0n) is 14.0. The van der Waals surface area contributed by atoms with E-state index in [1.54, 1.807) is 24.3 Å². The van der Waals surface area contributed by atoms with Crippen molar-refractivity contribution in [3.8, 4) is 0 Å². The molecule has 0 spiro atoms. The fraction of sp³-hybridized carbons (Fsp3) is 0.200. The van der Waals surface area contributed by atoms with Crippen LogP contribution in [0, 0.1) is 6.92 Å². The van der Waals surface area contributed by atoms with Gasteiger partial charge in [-0.25, -0.2) is 13.1 Å². The van der Waals surface area contributed by atoms with Crippen LogP contribution in [0.5, 0.6) is 0 Å². The molecule has 3 rings (SSSR count). The first-order chi connectivity index (χ1) is 12.0. The van der Waals surface area contributed by atoms with Crippen LogP contribution in [-0.4, -0.2) is 27.2 Å². The lowest BCUT2D eigenvalue weighted by molar-refractivity contribution is 0.115. The highest BCUT2D eigenvalue weighted by Gasteiger charge is 2.26. The van der Waals surface area contributed by atoms with Gasteiger partial charge in [-0.2, -0.15) is 0 Å². The Kier molecular flexibility index (Phi) is 5.48. The monoisotopic (exact) mass is 355 g/mol. The summed E-state index contributed by atoms with van der Waals surface area (Å²) in [7, 11) is -3.63. The summed E-state index contributed by atoms with van der Waals surface area (Å²) in [5, 5.41) is 0. The lowest BCUT2D eigenvalue weighted by Gasteiger charge is -2.20. The number of benzene rings is 2. The third kappa shape index (κ3) is 4.66. The molecule has 5 heteroatoms. The smallest absolute Gasteiger partial charge is 0.241 e. The van der Waals surface area contributed by atoms with E-state index >= 15 is 0 Å². The largest absolute Gasteiger partial charge is 0.368 e. The average Bonchev–Trinajstić information content (AvgIpc) is 3.14. The molecule has 1 heterocycles. The molecule has 0 aromatic heterocycles. The van der Waals surface area contributed by atoms with E-state index in [9.17, 15) is 8.42 Å². The first-order valence-corrected chi connectivity index (χ1v) is 9.63. The van der Waals surface area contributed by atoms with Crippen molar-refractivity contribution in [1.82, 2.24) is 4.72 Å². The van der Waals surface area contributed by atoms with Crippen LogP contribution in [0.3, 0.4) is 0 Å². The molecule has 1 N–H and O–H groups in total. The Morgan fingerprint density at radius 1 is 1.12 bits per heavy atom. The van der Waals surface area contributed by atoms with Gasteiger partial charge in [0.2, 0.25) is 10.0 Å². The molecule has 0 radical (unpaired) electrons. The highest BCUT2D eigenvalue weighted by atomic mass is 32.2. The van der Waals surface area contributed by atoms with Crippen LogP contribution in [0.4, 0.5) is 0 Å². The summed E-state index contributed by atoms with van der Waals surface area (Å²) in [4.78, 5) is 0.248. The van der Waals surface area contributed by atoms with Crippen LogP contribution < -0.4 is 4.72 Å². The number of hydrogen-bond donors (Lipinski definition) is 1. The van der Waals surface area contributed by atoms with E-state index in [1.165, 1.54) is 0 Å². The Morgan fingerprint density at radius 2 is 1.84 bits per heavy atom. The fourth-order valence-corrected chi connectivity index (χ4v) is 3.80. The van der Waals surface area contributed by atoms with Crippen molar-refractivity contribution in [2.24, 2.45) is 0 Å². The molecule has 130 valence electrons. The summed E-state index contributed by atoms with van der Waals surface area (Å²) >= 11 is 0. The van der Waals surface area contributed by atoms with E-state index < -0.39 is 16.1 Å². The van der Waals surface area contributed by atoms with E-state index in [2.05, 4.69) is 4.72 Å². The van der Waals surface area contributed by atoms with E-state index in [4.69, 9.17) is 4.74 Å². The molecule has 2 aromatic rings. The minimum absolute atomic E-state index is 0.248. The predicted octanol–water partition coefficient (Wildman–Crippen LogP) is 3.31. The van der Waals surface area contributed by atoms with Crippen molar-refractivity contribution >= 4 is 16.1 Å². The molecule has 0 bridgehead atoms. The lowest BCUT2D eigenvalue weighted by atomic mass is 10.1. The second kappa shape index (κ2) is 7.78. The van der Waals surface area contributed by atoms with Crippen molar-refractivity contribution in [2.75, 3.05) is 6.61 Å². The molecule has 1 aliphatic rings. The molecule has 0 unspecified atom stereocenters. The van der Waals surface area contributed by atoms with Crippen LogP contribution in [0.2, 0.25) is 0 Å². The van der Waals surface area contributed by atoms with Gasteiger partial charge in [-0.3, -0.25) is 0 Å². The van der Waals surface area contributed by atoms with Gasteiger partial charge >= 0.3 is 0 Å². The van der Waals surface area contributed by atoms with Gasteiger partial charge in [0.1, 0.15) is 0 Å². The molecule has 0 amide bonds. The van der Waals surface area contributed by atoms with Gasteiger partial charge in [0.25, 0.3) is 0 Å². The van der Waals surface area contributed by atoms with Crippen molar-refractivity contribution < 1.29 is 13.2 Å². The van der Waals surface area contributed by atoms with Gasteiger partial charge in [0, 0.05) is 0 Å². The van der Waals surface area contributed by atoms with Crippen LogP contribution in [0.25, 0.3) is 6.08 Å². The standard InChI is InChI=1S/C20H21NO3S/c1-16-9-12-18(13-10-16)25(22,23)21-19(20-8-5-15-24-20)14-11-17-6-3-2-4-7-17/h2-14,19-21H,15H2,1H3/b14-11+/t19-,20-/m0/s1. The Morgan fingerprint density at radius 3 is 2.48 bits per heavy atom. The topological polar surface area (TPSA) is 55.4 Å². The summed E-state index contributed by atoms with van der Waals surface area (Å²) in [5.74, 6) is 0. The molecular formula is C20H21NO3S. The maximum Gasteiger partial charge on any atom is 0.241 e. The Hall–Kier alpha value is -2.21. The second-order valence-electron chi connectivity index (χ2n) is 5.96. The Balaban J connectivity index is 1.83. The number of rotatable bonds is 6. The first-order valence-electron chi connectivity index (χ1n) is 8.15. The molecule has 0 fully saturated rings. The molecule has 2 aromatic carbocycles. The normalized spacial score (nSPS) is 18.7. The van der Waals surface area contributed by atoms with E-state index in [-0.39, 0.29) is 11.0 Å². The molecular weight excluding hydrogens is 334 g/mol. The summed E-state index contributed by atoms with van der Waals surface area (Å²) in [5.41, 5.74) is 2.02. The number of sulfonamides is 1. The van der Waals surface area contributed by atoms with Gasteiger partial charge in [-0.05, 0) is 24.6 Å². The Labute approximate surface area is 148 Å². The predicted molar refractivity (Wildman–Crippen MR) is 99.6 cm³/mol. The third-order valence-corrected chi connectivity index (χ3v) is 5.46. The van der Waals surface area contributed by atoms with E-state index in [0.29, 0.717) is 6.61 Å². The van der Waals surface area contributed by atoms with Crippen LogP contribution in [0.15, 0.2) is 77.7 Å². The van der Waals surface area contributed by atoms with Gasteiger partial charge in [0.15, 0.2) is 0 Å². The van der Waals surface area contributed by atoms with Crippen molar-refractivity contribution in [3.63, 3.8) is 0 Å². The first kappa shape index (κ1) is 17.6. The van der Waals surface area contributed by atoms with Crippen molar-refractivity contribution in [2.45, 2.75) is 24.0 Å². The summed E-state index contributed by atoms with van der Waals surface area (Å²) in [6.45, 7) is 2.42. The van der Waals surface area contributed by atoms with Crippen molar-refractivity contribution in [1.29, 1.82) is 0 Å². The minimum atomic E-state index is -3.63. The quantitative estimate of drug-likeness (QED) is 0.809. The zero-order valence-corrected chi connectivity index (χ0v) is 14.8. The SMILES string of the molecule is Cc1ccc(S(=O)(=O)N[C@@H](/C=C/c2ccccc2)[C@@H]2C=CCO2)cc1. The maximum absolute atomic E-state index is 12.7. The fourth-order valence-electron chi connectivity index (χ4n) is 2.59. The summed E-state index contributed by atoms with van der Waals surface area (Å²) < 4.78 is 33.8.